The van der Waals surface area contributed by atoms with Crippen LogP contribution in [0.5, 0.6) is 0 Å². The van der Waals surface area contributed by atoms with Crippen LogP contribution in [0.25, 0.3) is 0 Å². The third-order valence-electron chi connectivity index (χ3n) is 5.11. The SMILES string of the molecule is CC(C)CC1NC(=O)C(C)(C2CC2)N(CC2CC2)C1=O. The average Bonchev–Trinajstić information content (AvgIpc) is 3.24. The third-order valence-corrected chi connectivity index (χ3v) is 5.11. The van der Waals surface area contributed by atoms with Crippen LogP contribution in [0.4, 0.5) is 0 Å². The van der Waals surface area contributed by atoms with Crippen molar-refractivity contribution in [1.29, 1.82) is 0 Å². The van der Waals surface area contributed by atoms with Crippen LogP contribution in [-0.4, -0.2) is 34.8 Å². The highest BCUT2D eigenvalue weighted by Gasteiger charge is 2.57. The molecule has 0 spiro atoms. The first-order valence-corrected chi connectivity index (χ1v) is 8.05. The van der Waals surface area contributed by atoms with Gasteiger partial charge in [-0.1, -0.05) is 13.8 Å². The fraction of sp³-hybridized carbons (Fsp3) is 0.875. The molecule has 20 heavy (non-hydrogen) atoms. The standard InChI is InChI=1S/C16H26N2O2/c1-10(2)8-13-14(19)18(9-11-4-5-11)16(3,12-6-7-12)15(20)17-13/h10-13H,4-9H2,1-3H3,(H,17,20). The Labute approximate surface area is 121 Å². The summed E-state index contributed by atoms with van der Waals surface area (Å²) in [5.41, 5.74) is -0.590. The number of carbonyl (C=O) groups excluding carboxylic acids is 2. The van der Waals surface area contributed by atoms with Gasteiger partial charge in [-0.3, -0.25) is 9.59 Å². The lowest BCUT2D eigenvalue weighted by molar-refractivity contribution is -0.158. The van der Waals surface area contributed by atoms with E-state index >= 15 is 0 Å². The molecule has 1 aliphatic heterocycles. The Bertz CT molecular complexity index is 426. The average molecular weight is 278 g/mol. The summed E-state index contributed by atoms with van der Waals surface area (Å²) in [7, 11) is 0. The Hall–Kier alpha value is -1.06. The first kappa shape index (κ1) is 13.9. The number of nitrogens with zero attached hydrogens (tertiary/aromatic N) is 1. The molecule has 2 unspecified atom stereocenters. The molecule has 3 rings (SSSR count). The quantitative estimate of drug-likeness (QED) is 0.835. The van der Waals surface area contributed by atoms with Crippen molar-refractivity contribution in [3.05, 3.63) is 0 Å². The van der Waals surface area contributed by atoms with Crippen molar-refractivity contribution in [3.63, 3.8) is 0 Å². The first-order chi connectivity index (χ1) is 9.42. The zero-order valence-electron chi connectivity index (χ0n) is 12.8. The van der Waals surface area contributed by atoms with Gasteiger partial charge in [0.15, 0.2) is 0 Å². The maximum atomic E-state index is 12.8. The molecule has 1 N–H and O–H groups in total. The molecule has 3 aliphatic rings. The summed E-state index contributed by atoms with van der Waals surface area (Å²) in [6, 6.07) is -0.312. The molecule has 4 heteroatoms. The molecule has 2 atom stereocenters. The van der Waals surface area contributed by atoms with Crippen molar-refractivity contribution >= 4 is 11.8 Å². The van der Waals surface area contributed by atoms with E-state index in [1.807, 2.05) is 11.8 Å². The molecular weight excluding hydrogens is 252 g/mol. The number of hydrogen-bond donors (Lipinski definition) is 1. The smallest absolute Gasteiger partial charge is 0.246 e. The van der Waals surface area contributed by atoms with Crippen LogP contribution in [-0.2, 0) is 9.59 Å². The number of nitrogens with one attached hydrogen (secondary N) is 1. The maximum absolute atomic E-state index is 12.8. The predicted molar refractivity (Wildman–Crippen MR) is 77.0 cm³/mol. The lowest BCUT2D eigenvalue weighted by atomic mass is 9.86. The molecule has 0 radical (unpaired) electrons. The molecule has 2 aliphatic carbocycles. The molecule has 1 heterocycles. The normalized spacial score (nSPS) is 34.6. The van der Waals surface area contributed by atoms with E-state index in [1.165, 1.54) is 12.8 Å². The Morgan fingerprint density at radius 1 is 1.25 bits per heavy atom. The molecule has 0 aromatic carbocycles. The minimum absolute atomic E-state index is 0.0749. The van der Waals surface area contributed by atoms with Gasteiger partial charge >= 0.3 is 0 Å². The van der Waals surface area contributed by atoms with Crippen molar-refractivity contribution in [2.75, 3.05) is 6.54 Å². The molecule has 3 fully saturated rings. The summed E-state index contributed by atoms with van der Waals surface area (Å²) in [5, 5.41) is 3.00. The van der Waals surface area contributed by atoms with Gasteiger partial charge in [-0.2, -0.15) is 0 Å². The number of piperazine rings is 1. The van der Waals surface area contributed by atoms with E-state index in [1.54, 1.807) is 0 Å². The van der Waals surface area contributed by atoms with Gasteiger partial charge in [0, 0.05) is 6.54 Å². The van der Waals surface area contributed by atoms with Gasteiger partial charge in [-0.15, -0.1) is 0 Å². The first-order valence-electron chi connectivity index (χ1n) is 8.05. The highest BCUT2D eigenvalue weighted by Crippen LogP contribution is 2.46. The topological polar surface area (TPSA) is 49.4 Å². The van der Waals surface area contributed by atoms with Crippen molar-refractivity contribution in [3.8, 4) is 0 Å². The second kappa shape index (κ2) is 4.74. The highest BCUT2D eigenvalue weighted by molar-refractivity contribution is 6.00. The second-order valence-corrected chi connectivity index (χ2v) is 7.47. The molecule has 0 aromatic rings. The summed E-state index contributed by atoms with van der Waals surface area (Å²) in [6.07, 6.45) is 5.31. The summed E-state index contributed by atoms with van der Waals surface area (Å²) in [5.74, 6) is 1.63. The van der Waals surface area contributed by atoms with Crippen LogP contribution in [0.2, 0.25) is 0 Å². The molecule has 1 saturated heterocycles. The number of rotatable bonds is 5. The Morgan fingerprint density at radius 2 is 1.90 bits per heavy atom. The predicted octanol–water partition coefficient (Wildman–Crippen LogP) is 1.94. The number of amides is 2. The second-order valence-electron chi connectivity index (χ2n) is 7.47. The molecule has 4 nitrogen and oxygen atoms in total. The van der Waals surface area contributed by atoms with E-state index in [2.05, 4.69) is 19.2 Å². The van der Waals surface area contributed by atoms with Crippen LogP contribution >= 0.6 is 0 Å². The van der Waals surface area contributed by atoms with Gasteiger partial charge in [0.2, 0.25) is 11.8 Å². The lowest BCUT2D eigenvalue weighted by Crippen LogP contribution is -2.70. The zero-order valence-corrected chi connectivity index (χ0v) is 12.8. The maximum Gasteiger partial charge on any atom is 0.246 e. The number of carbonyl (C=O) groups is 2. The van der Waals surface area contributed by atoms with Crippen molar-refractivity contribution in [1.82, 2.24) is 10.2 Å². The number of hydrogen-bond acceptors (Lipinski definition) is 2. The van der Waals surface area contributed by atoms with Crippen molar-refractivity contribution in [2.24, 2.45) is 17.8 Å². The summed E-state index contributed by atoms with van der Waals surface area (Å²) in [4.78, 5) is 27.4. The van der Waals surface area contributed by atoms with Crippen LogP contribution in [0.15, 0.2) is 0 Å². The molecule has 0 bridgehead atoms. The van der Waals surface area contributed by atoms with Crippen LogP contribution in [0.3, 0.4) is 0 Å². The Balaban J connectivity index is 1.84. The highest BCUT2D eigenvalue weighted by atomic mass is 16.2. The zero-order chi connectivity index (χ0) is 14.5. The Morgan fingerprint density at radius 3 is 2.40 bits per heavy atom. The van der Waals surface area contributed by atoms with Crippen LogP contribution in [0, 0.1) is 17.8 Å². The van der Waals surface area contributed by atoms with E-state index in [9.17, 15) is 9.59 Å². The van der Waals surface area contributed by atoms with Gasteiger partial charge in [0.1, 0.15) is 11.6 Å². The van der Waals surface area contributed by atoms with E-state index < -0.39 is 5.54 Å². The monoisotopic (exact) mass is 278 g/mol. The largest absolute Gasteiger partial charge is 0.342 e. The summed E-state index contributed by atoms with van der Waals surface area (Å²) >= 11 is 0. The van der Waals surface area contributed by atoms with Crippen LogP contribution in [0.1, 0.15) is 52.9 Å². The molecule has 2 saturated carbocycles. The van der Waals surface area contributed by atoms with Gasteiger partial charge < -0.3 is 10.2 Å². The van der Waals surface area contributed by atoms with E-state index in [4.69, 9.17) is 0 Å². The Kier molecular flexibility index (Phi) is 3.30. The van der Waals surface area contributed by atoms with E-state index in [-0.39, 0.29) is 17.9 Å². The van der Waals surface area contributed by atoms with Crippen LogP contribution < -0.4 is 5.32 Å². The molecule has 2 amide bonds. The third kappa shape index (κ3) is 2.33. The lowest BCUT2D eigenvalue weighted by Gasteiger charge is -2.47. The van der Waals surface area contributed by atoms with Gasteiger partial charge in [0.05, 0.1) is 0 Å². The molecular formula is C16H26N2O2. The summed E-state index contributed by atoms with van der Waals surface area (Å²) in [6.45, 7) is 6.96. The minimum atomic E-state index is -0.590. The van der Waals surface area contributed by atoms with E-state index in [0.29, 0.717) is 17.8 Å². The minimum Gasteiger partial charge on any atom is -0.342 e. The summed E-state index contributed by atoms with van der Waals surface area (Å²) < 4.78 is 0. The van der Waals surface area contributed by atoms with Crippen molar-refractivity contribution < 1.29 is 9.59 Å². The molecule has 0 aromatic heterocycles. The van der Waals surface area contributed by atoms with Gasteiger partial charge in [0.25, 0.3) is 0 Å². The molecule has 112 valence electrons. The fourth-order valence-corrected chi connectivity index (χ4v) is 3.43. The van der Waals surface area contributed by atoms with Crippen molar-refractivity contribution in [2.45, 2.75) is 64.5 Å². The van der Waals surface area contributed by atoms with E-state index in [0.717, 1.165) is 25.8 Å². The fourth-order valence-electron chi connectivity index (χ4n) is 3.43. The van der Waals surface area contributed by atoms with Gasteiger partial charge in [-0.05, 0) is 56.8 Å². The van der Waals surface area contributed by atoms with Gasteiger partial charge in [-0.25, -0.2) is 0 Å².